The molecule has 0 aliphatic heterocycles. The van der Waals surface area contributed by atoms with Crippen molar-refractivity contribution in [3.8, 4) is 0 Å². The summed E-state index contributed by atoms with van der Waals surface area (Å²) in [5, 5.41) is 4.99. The van der Waals surface area contributed by atoms with Gasteiger partial charge in [-0.1, -0.05) is 0 Å². The zero-order chi connectivity index (χ0) is 15.6. The molecule has 4 nitrogen and oxygen atoms in total. The molecule has 0 aliphatic rings. The number of pyridine rings is 1. The number of hydrogen-bond acceptors (Lipinski definition) is 3. The molecule has 0 saturated heterocycles. The Kier molecular flexibility index (Phi) is 4.16. The van der Waals surface area contributed by atoms with E-state index in [1.165, 1.54) is 7.05 Å². The maximum Gasteiger partial charge on any atom is 0.255 e. The normalized spacial score (nSPS) is 10.3. The molecule has 2 rings (SSSR count). The van der Waals surface area contributed by atoms with Crippen molar-refractivity contribution in [2.24, 2.45) is 0 Å². The first-order chi connectivity index (χ1) is 9.92. The Labute approximate surface area is 121 Å². The standard InChI is InChI=1S/C15H15F2N3O/c1-8-4-5-13(9(2)19-8)20-15(21)10-6-11(16)14(18-3)12(17)7-10/h4-7,18H,1-3H3,(H,20,21). The van der Waals surface area contributed by atoms with Gasteiger partial charge in [-0.2, -0.15) is 0 Å². The number of benzene rings is 1. The predicted molar refractivity (Wildman–Crippen MR) is 77.6 cm³/mol. The number of halogens is 2. The van der Waals surface area contributed by atoms with E-state index in [4.69, 9.17) is 0 Å². The minimum absolute atomic E-state index is 0.0935. The van der Waals surface area contributed by atoms with Gasteiger partial charge >= 0.3 is 0 Å². The third kappa shape index (κ3) is 3.16. The Balaban J connectivity index is 2.28. The molecule has 0 radical (unpaired) electrons. The molecular formula is C15H15F2N3O. The number of nitrogens with one attached hydrogen (secondary N) is 2. The number of amides is 1. The van der Waals surface area contributed by atoms with Gasteiger partial charge in [0.1, 0.15) is 17.3 Å². The zero-order valence-electron chi connectivity index (χ0n) is 11.9. The molecule has 0 fully saturated rings. The monoisotopic (exact) mass is 291 g/mol. The maximum atomic E-state index is 13.6. The molecule has 0 bridgehead atoms. The van der Waals surface area contributed by atoms with E-state index in [-0.39, 0.29) is 11.3 Å². The molecule has 0 aliphatic carbocycles. The maximum absolute atomic E-state index is 13.6. The summed E-state index contributed by atoms with van der Waals surface area (Å²) >= 11 is 0. The van der Waals surface area contributed by atoms with Crippen LogP contribution in [0.25, 0.3) is 0 Å². The van der Waals surface area contributed by atoms with E-state index in [1.54, 1.807) is 19.1 Å². The van der Waals surface area contributed by atoms with Crippen molar-refractivity contribution in [3.63, 3.8) is 0 Å². The summed E-state index contributed by atoms with van der Waals surface area (Å²) in [6.07, 6.45) is 0. The predicted octanol–water partition coefficient (Wildman–Crippen LogP) is 3.27. The van der Waals surface area contributed by atoms with Crippen LogP contribution in [0.4, 0.5) is 20.2 Å². The van der Waals surface area contributed by atoms with Gasteiger partial charge in [0.2, 0.25) is 0 Å². The summed E-state index contributed by atoms with van der Waals surface area (Å²) < 4.78 is 27.3. The Hall–Kier alpha value is -2.50. The van der Waals surface area contributed by atoms with Crippen LogP contribution in [0, 0.1) is 25.5 Å². The van der Waals surface area contributed by atoms with Crippen molar-refractivity contribution in [3.05, 3.63) is 52.9 Å². The van der Waals surface area contributed by atoms with Crippen LogP contribution < -0.4 is 10.6 Å². The van der Waals surface area contributed by atoms with Crippen LogP contribution in [-0.2, 0) is 0 Å². The summed E-state index contributed by atoms with van der Waals surface area (Å²) in [6.45, 7) is 3.58. The average Bonchev–Trinajstić information content (AvgIpc) is 2.41. The van der Waals surface area contributed by atoms with Crippen LogP contribution in [0.2, 0.25) is 0 Å². The van der Waals surface area contributed by atoms with Gasteiger partial charge in [-0.3, -0.25) is 9.78 Å². The Morgan fingerprint density at radius 1 is 1.14 bits per heavy atom. The fraction of sp³-hybridized carbons (Fsp3) is 0.200. The van der Waals surface area contributed by atoms with Gasteiger partial charge in [0, 0.05) is 18.3 Å². The summed E-state index contributed by atoms with van der Waals surface area (Å²) in [6, 6.07) is 5.42. The van der Waals surface area contributed by atoms with Crippen LogP contribution in [0.1, 0.15) is 21.7 Å². The lowest BCUT2D eigenvalue weighted by molar-refractivity contribution is 0.102. The highest BCUT2D eigenvalue weighted by atomic mass is 19.1. The SMILES string of the molecule is CNc1c(F)cc(C(=O)Nc2ccc(C)nc2C)cc1F. The lowest BCUT2D eigenvalue weighted by atomic mass is 10.1. The number of carbonyl (C=O) groups is 1. The summed E-state index contributed by atoms with van der Waals surface area (Å²) in [4.78, 5) is 16.3. The van der Waals surface area contributed by atoms with E-state index in [2.05, 4.69) is 15.6 Å². The Morgan fingerprint density at radius 3 is 2.29 bits per heavy atom. The van der Waals surface area contributed by atoms with Crippen molar-refractivity contribution < 1.29 is 13.6 Å². The molecule has 6 heteroatoms. The molecule has 2 aromatic rings. The molecule has 0 saturated carbocycles. The third-order valence-corrected chi connectivity index (χ3v) is 3.03. The van der Waals surface area contributed by atoms with E-state index < -0.39 is 17.5 Å². The van der Waals surface area contributed by atoms with Gasteiger partial charge < -0.3 is 10.6 Å². The second kappa shape index (κ2) is 5.87. The van der Waals surface area contributed by atoms with E-state index in [0.29, 0.717) is 11.4 Å². The molecule has 0 unspecified atom stereocenters. The van der Waals surface area contributed by atoms with Gasteiger partial charge in [0.05, 0.1) is 11.4 Å². The van der Waals surface area contributed by atoms with Gasteiger partial charge in [0.25, 0.3) is 5.91 Å². The van der Waals surface area contributed by atoms with Crippen LogP contribution in [0.3, 0.4) is 0 Å². The first kappa shape index (κ1) is 14.9. The minimum Gasteiger partial charge on any atom is -0.383 e. The van der Waals surface area contributed by atoms with Gasteiger partial charge in [-0.15, -0.1) is 0 Å². The number of aromatic nitrogens is 1. The fourth-order valence-corrected chi connectivity index (χ4v) is 1.96. The van der Waals surface area contributed by atoms with Crippen molar-refractivity contribution in [1.29, 1.82) is 0 Å². The topological polar surface area (TPSA) is 54.0 Å². The van der Waals surface area contributed by atoms with Crippen LogP contribution >= 0.6 is 0 Å². The average molecular weight is 291 g/mol. The highest BCUT2D eigenvalue weighted by molar-refractivity contribution is 6.04. The number of aryl methyl sites for hydroxylation is 2. The molecule has 1 amide bonds. The highest BCUT2D eigenvalue weighted by Crippen LogP contribution is 2.21. The first-order valence-electron chi connectivity index (χ1n) is 6.34. The minimum atomic E-state index is -0.818. The number of anilines is 2. The zero-order valence-corrected chi connectivity index (χ0v) is 11.9. The molecule has 110 valence electrons. The lowest BCUT2D eigenvalue weighted by Crippen LogP contribution is -2.14. The molecular weight excluding hydrogens is 276 g/mol. The first-order valence-corrected chi connectivity index (χ1v) is 6.34. The molecule has 1 heterocycles. The lowest BCUT2D eigenvalue weighted by Gasteiger charge is -2.10. The highest BCUT2D eigenvalue weighted by Gasteiger charge is 2.15. The van der Waals surface area contributed by atoms with Crippen molar-refractivity contribution >= 4 is 17.3 Å². The number of hydrogen-bond donors (Lipinski definition) is 2. The van der Waals surface area contributed by atoms with E-state index in [1.807, 2.05) is 6.92 Å². The smallest absolute Gasteiger partial charge is 0.255 e. The molecule has 1 aromatic carbocycles. The third-order valence-electron chi connectivity index (χ3n) is 3.03. The largest absolute Gasteiger partial charge is 0.383 e. The van der Waals surface area contributed by atoms with Gasteiger partial charge in [-0.05, 0) is 38.1 Å². The molecule has 0 atom stereocenters. The van der Waals surface area contributed by atoms with Crippen LogP contribution in [0.15, 0.2) is 24.3 Å². The van der Waals surface area contributed by atoms with Crippen LogP contribution in [0.5, 0.6) is 0 Å². The number of nitrogens with zero attached hydrogens (tertiary/aromatic N) is 1. The fourth-order valence-electron chi connectivity index (χ4n) is 1.96. The van der Waals surface area contributed by atoms with Crippen molar-refractivity contribution in [2.45, 2.75) is 13.8 Å². The molecule has 0 spiro atoms. The molecule has 1 aromatic heterocycles. The Morgan fingerprint density at radius 2 is 1.76 bits per heavy atom. The summed E-state index contributed by atoms with van der Waals surface area (Å²) in [5.41, 5.74) is 1.60. The summed E-state index contributed by atoms with van der Waals surface area (Å²) in [7, 11) is 1.41. The second-order valence-electron chi connectivity index (χ2n) is 4.60. The van der Waals surface area contributed by atoms with Gasteiger partial charge in [0.15, 0.2) is 0 Å². The second-order valence-corrected chi connectivity index (χ2v) is 4.60. The van der Waals surface area contributed by atoms with E-state index >= 15 is 0 Å². The van der Waals surface area contributed by atoms with E-state index in [9.17, 15) is 13.6 Å². The Bertz CT molecular complexity index is 678. The van der Waals surface area contributed by atoms with Gasteiger partial charge in [-0.25, -0.2) is 8.78 Å². The summed E-state index contributed by atoms with van der Waals surface area (Å²) in [5.74, 6) is -2.23. The number of rotatable bonds is 3. The molecule has 21 heavy (non-hydrogen) atoms. The van der Waals surface area contributed by atoms with Crippen molar-refractivity contribution in [2.75, 3.05) is 17.7 Å². The van der Waals surface area contributed by atoms with E-state index in [0.717, 1.165) is 17.8 Å². The number of carbonyl (C=O) groups excluding carboxylic acids is 1. The van der Waals surface area contributed by atoms with Crippen molar-refractivity contribution in [1.82, 2.24) is 4.98 Å². The van der Waals surface area contributed by atoms with Crippen LogP contribution in [-0.4, -0.2) is 17.9 Å². The quantitative estimate of drug-likeness (QED) is 0.912. The molecule has 2 N–H and O–H groups in total.